The van der Waals surface area contributed by atoms with Crippen molar-refractivity contribution in [2.45, 2.75) is 13.0 Å². The fourth-order valence-electron chi connectivity index (χ4n) is 0.780. The predicted octanol–water partition coefficient (Wildman–Crippen LogP) is 2.03. The highest BCUT2D eigenvalue weighted by molar-refractivity contribution is 5.45. The molecule has 1 unspecified atom stereocenters. The van der Waals surface area contributed by atoms with E-state index in [1.807, 2.05) is 6.92 Å². The Labute approximate surface area is 55.3 Å². The molecule has 1 aliphatic rings. The summed E-state index contributed by atoms with van der Waals surface area (Å²) in [6.45, 7) is 13.1. The van der Waals surface area contributed by atoms with Crippen LogP contribution in [0.25, 0.3) is 0 Å². The Bertz CT molecular complexity index is 189. The highest BCUT2D eigenvalue weighted by Gasteiger charge is 2.22. The van der Waals surface area contributed by atoms with Gasteiger partial charge in [-0.15, -0.1) is 0 Å². The lowest BCUT2D eigenvalue weighted by Gasteiger charge is -1.99. The molecular weight excluding hydrogens is 112 g/mol. The molecule has 48 valence electrons. The molecular formula is C8H10O. The topological polar surface area (TPSA) is 9.23 Å². The number of ether oxygens (including phenoxy) is 1. The van der Waals surface area contributed by atoms with Gasteiger partial charge in [-0.25, -0.2) is 0 Å². The van der Waals surface area contributed by atoms with Crippen LogP contribution in [-0.2, 0) is 4.74 Å². The maximum absolute atomic E-state index is 5.19. The Hall–Kier alpha value is -0.980. The second kappa shape index (κ2) is 1.76. The monoisotopic (exact) mass is 122 g/mol. The first-order chi connectivity index (χ1) is 4.13. The maximum Gasteiger partial charge on any atom is 0.121 e. The van der Waals surface area contributed by atoms with Gasteiger partial charge in [-0.3, -0.25) is 0 Å². The molecule has 1 rings (SSSR count). The van der Waals surface area contributed by atoms with E-state index in [1.54, 1.807) is 0 Å². The summed E-state index contributed by atoms with van der Waals surface area (Å²) >= 11 is 0. The first-order valence-electron chi connectivity index (χ1n) is 2.87. The van der Waals surface area contributed by atoms with Gasteiger partial charge in [-0.1, -0.05) is 19.7 Å². The average Bonchev–Trinajstić information content (AvgIpc) is 1.98. The second-order valence-electron chi connectivity index (χ2n) is 2.19. The quantitative estimate of drug-likeness (QED) is 0.477. The van der Waals surface area contributed by atoms with Gasteiger partial charge in [0.25, 0.3) is 0 Å². The normalized spacial score (nSPS) is 26.8. The van der Waals surface area contributed by atoms with E-state index >= 15 is 0 Å². The molecule has 1 nitrogen and oxygen atoms in total. The third kappa shape index (κ3) is 0.784. The van der Waals surface area contributed by atoms with Crippen LogP contribution in [0.5, 0.6) is 0 Å². The van der Waals surface area contributed by atoms with Gasteiger partial charge in [0.05, 0.1) is 0 Å². The highest BCUT2D eigenvalue weighted by atomic mass is 16.5. The van der Waals surface area contributed by atoms with E-state index in [-0.39, 0.29) is 6.10 Å². The van der Waals surface area contributed by atoms with Crippen molar-refractivity contribution < 1.29 is 4.74 Å². The van der Waals surface area contributed by atoms with Crippen LogP contribution in [0.3, 0.4) is 0 Å². The predicted molar refractivity (Wildman–Crippen MR) is 38.0 cm³/mol. The van der Waals surface area contributed by atoms with Gasteiger partial charge in [0.2, 0.25) is 0 Å². The summed E-state index contributed by atoms with van der Waals surface area (Å²) in [4.78, 5) is 0. The summed E-state index contributed by atoms with van der Waals surface area (Å²) in [5, 5.41) is 0. The third-order valence-electron chi connectivity index (χ3n) is 1.53. The van der Waals surface area contributed by atoms with Crippen LogP contribution >= 0.6 is 0 Å². The molecule has 1 heteroatoms. The van der Waals surface area contributed by atoms with Crippen molar-refractivity contribution in [2.75, 3.05) is 0 Å². The zero-order valence-electron chi connectivity index (χ0n) is 5.61. The molecule has 0 spiro atoms. The van der Waals surface area contributed by atoms with Crippen LogP contribution in [0, 0.1) is 0 Å². The van der Waals surface area contributed by atoms with Crippen molar-refractivity contribution in [1.29, 1.82) is 0 Å². The SMILES string of the molecule is C=C1OC(C)C(=C)C1=C. The van der Waals surface area contributed by atoms with Crippen molar-refractivity contribution in [1.82, 2.24) is 0 Å². The molecule has 1 saturated heterocycles. The molecule has 0 amide bonds. The molecule has 0 radical (unpaired) electrons. The molecule has 0 bridgehead atoms. The van der Waals surface area contributed by atoms with Crippen LogP contribution in [0.4, 0.5) is 0 Å². The molecule has 1 fully saturated rings. The van der Waals surface area contributed by atoms with Crippen LogP contribution in [0.15, 0.2) is 36.6 Å². The number of hydrogen-bond acceptors (Lipinski definition) is 1. The molecule has 0 aliphatic carbocycles. The Balaban J connectivity index is 2.90. The molecule has 9 heavy (non-hydrogen) atoms. The minimum atomic E-state index is 0.0741. The molecule has 1 atom stereocenters. The van der Waals surface area contributed by atoms with Crippen LogP contribution < -0.4 is 0 Å². The number of allylic oxidation sites excluding steroid dienone is 1. The second-order valence-corrected chi connectivity index (χ2v) is 2.19. The van der Waals surface area contributed by atoms with Gasteiger partial charge < -0.3 is 4.74 Å². The smallest absolute Gasteiger partial charge is 0.121 e. The lowest BCUT2D eigenvalue weighted by atomic mass is 10.1. The van der Waals surface area contributed by atoms with Gasteiger partial charge in [-0.05, 0) is 12.5 Å². The summed E-state index contributed by atoms with van der Waals surface area (Å²) in [5.41, 5.74) is 1.79. The van der Waals surface area contributed by atoms with Gasteiger partial charge in [0.1, 0.15) is 11.9 Å². The Kier molecular flexibility index (Phi) is 1.20. The zero-order valence-corrected chi connectivity index (χ0v) is 5.61. The van der Waals surface area contributed by atoms with Crippen LogP contribution in [0.2, 0.25) is 0 Å². The van der Waals surface area contributed by atoms with Crippen molar-refractivity contribution in [3.63, 3.8) is 0 Å². The zero-order chi connectivity index (χ0) is 7.02. The van der Waals surface area contributed by atoms with Crippen molar-refractivity contribution in [3.05, 3.63) is 36.6 Å². The summed E-state index contributed by atoms with van der Waals surface area (Å²) in [5.74, 6) is 0.660. The first-order valence-corrected chi connectivity index (χ1v) is 2.87. The minimum absolute atomic E-state index is 0.0741. The first kappa shape index (κ1) is 6.14. The maximum atomic E-state index is 5.19. The van der Waals surface area contributed by atoms with Crippen LogP contribution in [0.1, 0.15) is 6.92 Å². The Morgan fingerprint density at radius 2 is 1.89 bits per heavy atom. The van der Waals surface area contributed by atoms with E-state index in [4.69, 9.17) is 4.74 Å². The van der Waals surface area contributed by atoms with E-state index < -0.39 is 0 Å². The van der Waals surface area contributed by atoms with Crippen LogP contribution in [-0.4, -0.2) is 6.10 Å². The van der Waals surface area contributed by atoms with E-state index in [1.165, 1.54) is 0 Å². The summed E-state index contributed by atoms with van der Waals surface area (Å²) < 4.78 is 5.19. The molecule has 1 aliphatic heterocycles. The fraction of sp³-hybridized carbons (Fsp3) is 0.250. The Morgan fingerprint density at radius 3 is 2.00 bits per heavy atom. The standard InChI is InChI=1S/C8H10O/c1-5-6(2)8(4)9-7(5)3/h8H,1-3H2,4H3. The Morgan fingerprint density at radius 1 is 1.33 bits per heavy atom. The molecule has 0 saturated carbocycles. The number of hydrogen-bond donors (Lipinski definition) is 0. The summed E-state index contributed by atoms with van der Waals surface area (Å²) in [6, 6.07) is 0. The summed E-state index contributed by atoms with van der Waals surface area (Å²) in [7, 11) is 0. The van der Waals surface area contributed by atoms with Crippen molar-refractivity contribution in [3.8, 4) is 0 Å². The average molecular weight is 122 g/mol. The van der Waals surface area contributed by atoms with E-state index in [0.29, 0.717) is 5.76 Å². The molecule has 0 aromatic carbocycles. The molecule has 0 N–H and O–H groups in total. The molecule has 0 aromatic heterocycles. The van der Waals surface area contributed by atoms with Gasteiger partial charge in [0.15, 0.2) is 0 Å². The van der Waals surface area contributed by atoms with E-state index in [0.717, 1.165) is 11.1 Å². The van der Waals surface area contributed by atoms with E-state index in [2.05, 4.69) is 19.7 Å². The van der Waals surface area contributed by atoms with Crippen molar-refractivity contribution >= 4 is 0 Å². The van der Waals surface area contributed by atoms with Gasteiger partial charge in [0, 0.05) is 5.57 Å². The minimum Gasteiger partial charge on any atom is -0.486 e. The summed E-state index contributed by atoms with van der Waals surface area (Å²) in [6.07, 6.45) is 0.0741. The largest absolute Gasteiger partial charge is 0.486 e. The number of rotatable bonds is 0. The molecule has 0 aromatic rings. The van der Waals surface area contributed by atoms with Crippen molar-refractivity contribution in [2.24, 2.45) is 0 Å². The third-order valence-corrected chi connectivity index (χ3v) is 1.53. The fourth-order valence-corrected chi connectivity index (χ4v) is 0.780. The van der Waals surface area contributed by atoms with Gasteiger partial charge >= 0.3 is 0 Å². The van der Waals surface area contributed by atoms with Gasteiger partial charge in [-0.2, -0.15) is 0 Å². The highest BCUT2D eigenvalue weighted by Crippen LogP contribution is 2.29. The lowest BCUT2D eigenvalue weighted by molar-refractivity contribution is 0.200. The molecule has 1 heterocycles. The lowest BCUT2D eigenvalue weighted by Crippen LogP contribution is -1.97. The van der Waals surface area contributed by atoms with E-state index in [9.17, 15) is 0 Å².